The maximum atomic E-state index is 6.06. The fourth-order valence-corrected chi connectivity index (χ4v) is 2.55. The topological polar surface area (TPSA) is 52.0 Å². The van der Waals surface area contributed by atoms with Crippen LogP contribution in [0.25, 0.3) is 0 Å². The van der Waals surface area contributed by atoms with Gasteiger partial charge in [0.1, 0.15) is 0 Å². The Bertz CT molecular complexity index is 262. The van der Waals surface area contributed by atoms with Crippen molar-refractivity contribution in [1.29, 1.82) is 0 Å². The summed E-state index contributed by atoms with van der Waals surface area (Å²) < 4.78 is 0. The Morgan fingerprint density at radius 2 is 1.65 bits per heavy atom. The molecule has 0 fully saturated rings. The monoisotopic (exact) mass is 258 g/mol. The molecule has 0 bridgehead atoms. The molecular weight excluding hydrogens is 228 g/mol. The zero-order chi connectivity index (χ0) is 13.7. The molecule has 0 aromatic carbocycles. The molecule has 2 nitrogen and oxygen atoms in total. The molecule has 0 atom stereocenters. The van der Waals surface area contributed by atoms with Crippen molar-refractivity contribution in [2.45, 2.75) is 54.4 Å². The largest absolute Gasteiger partial charge is 0.401 e. The Morgan fingerprint density at radius 1 is 1.12 bits per heavy atom. The number of allylic oxidation sites excluding steroid dienone is 1. The molecule has 0 aliphatic heterocycles. The predicted octanol–water partition coefficient (Wildman–Crippen LogP) is 3.72. The molecule has 0 aromatic rings. The highest BCUT2D eigenvalue weighted by Gasteiger charge is 2.32. The van der Waals surface area contributed by atoms with Crippen molar-refractivity contribution in [3.63, 3.8) is 0 Å². The maximum absolute atomic E-state index is 6.06. The first kappa shape index (κ1) is 16.9. The van der Waals surface area contributed by atoms with E-state index in [1.165, 1.54) is 4.91 Å². The first-order chi connectivity index (χ1) is 7.65. The zero-order valence-corrected chi connectivity index (χ0v) is 13.2. The van der Waals surface area contributed by atoms with Gasteiger partial charge in [-0.15, -0.1) is 11.8 Å². The van der Waals surface area contributed by atoms with Gasteiger partial charge in [-0.25, -0.2) is 0 Å². The van der Waals surface area contributed by atoms with Gasteiger partial charge in [-0.05, 0) is 17.3 Å². The van der Waals surface area contributed by atoms with E-state index in [0.717, 1.165) is 24.3 Å². The Morgan fingerprint density at radius 3 is 2.00 bits per heavy atom. The zero-order valence-electron chi connectivity index (χ0n) is 12.4. The van der Waals surface area contributed by atoms with Gasteiger partial charge >= 0.3 is 0 Å². The van der Waals surface area contributed by atoms with Gasteiger partial charge in [0.05, 0.1) is 0 Å². The molecule has 0 heterocycles. The summed E-state index contributed by atoms with van der Waals surface area (Å²) in [7, 11) is 0. The lowest BCUT2D eigenvalue weighted by molar-refractivity contribution is 0.163. The smallest absolute Gasteiger partial charge is 0.0256 e. The molecule has 0 aliphatic carbocycles. The molecule has 0 spiro atoms. The minimum atomic E-state index is 0.268. The summed E-state index contributed by atoms with van der Waals surface area (Å²) in [6.07, 6.45) is 2.04. The molecule has 3 heteroatoms. The van der Waals surface area contributed by atoms with E-state index in [-0.39, 0.29) is 5.41 Å². The minimum absolute atomic E-state index is 0.268. The van der Waals surface area contributed by atoms with Gasteiger partial charge in [-0.1, -0.05) is 48.0 Å². The highest BCUT2D eigenvalue weighted by atomic mass is 32.2. The predicted molar refractivity (Wildman–Crippen MR) is 80.9 cm³/mol. The van der Waals surface area contributed by atoms with Crippen LogP contribution in [0.4, 0.5) is 0 Å². The van der Waals surface area contributed by atoms with Crippen LogP contribution in [-0.2, 0) is 0 Å². The molecule has 0 rings (SSSR count). The second kappa shape index (κ2) is 6.69. The third kappa shape index (κ3) is 5.35. The lowest BCUT2D eigenvalue weighted by Crippen LogP contribution is -2.32. The van der Waals surface area contributed by atoms with Gasteiger partial charge in [0.2, 0.25) is 0 Å². The van der Waals surface area contributed by atoms with E-state index in [1.54, 1.807) is 0 Å². The molecule has 102 valence electrons. The van der Waals surface area contributed by atoms with Crippen molar-refractivity contribution in [3.05, 3.63) is 10.6 Å². The second-order valence-corrected chi connectivity index (χ2v) is 7.40. The Kier molecular flexibility index (Phi) is 6.64. The van der Waals surface area contributed by atoms with Crippen LogP contribution >= 0.6 is 11.8 Å². The van der Waals surface area contributed by atoms with Gasteiger partial charge in [-0.3, -0.25) is 0 Å². The number of hydrogen-bond acceptors (Lipinski definition) is 3. The van der Waals surface area contributed by atoms with Crippen LogP contribution in [0.1, 0.15) is 54.4 Å². The van der Waals surface area contributed by atoms with E-state index in [1.807, 2.05) is 11.8 Å². The van der Waals surface area contributed by atoms with Crippen molar-refractivity contribution in [3.8, 4) is 0 Å². The summed E-state index contributed by atoms with van der Waals surface area (Å²) in [5.41, 5.74) is 13.4. The Balaban J connectivity index is 4.59. The van der Waals surface area contributed by atoms with Crippen LogP contribution < -0.4 is 11.5 Å². The molecule has 0 aromatic heterocycles. The number of rotatable bonds is 6. The van der Waals surface area contributed by atoms with Crippen molar-refractivity contribution in [1.82, 2.24) is 0 Å². The Labute approximate surface area is 112 Å². The third-order valence-corrected chi connectivity index (χ3v) is 5.34. The van der Waals surface area contributed by atoms with Crippen LogP contribution in [0.2, 0.25) is 0 Å². The molecule has 4 N–H and O–H groups in total. The lowest BCUT2D eigenvalue weighted by Gasteiger charge is -2.38. The van der Waals surface area contributed by atoms with Gasteiger partial charge in [0.25, 0.3) is 0 Å². The fraction of sp³-hybridized carbons (Fsp3) is 0.857. The molecular formula is C14H30N2S. The first-order valence-corrected chi connectivity index (χ1v) is 7.44. The molecule has 0 radical (unpaired) electrons. The number of hydrogen-bond donors (Lipinski definition) is 2. The van der Waals surface area contributed by atoms with Crippen molar-refractivity contribution in [2.24, 2.45) is 22.3 Å². The number of thioether (sulfide) groups is 1. The van der Waals surface area contributed by atoms with E-state index in [0.29, 0.717) is 12.0 Å². The molecule has 17 heavy (non-hydrogen) atoms. The molecule has 0 amide bonds. The highest BCUT2D eigenvalue weighted by Crippen LogP contribution is 2.41. The molecule has 0 aliphatic rings. The molecule has 0 saturated carbocycles. The lowest BCUT2D eigenvalue weighted by atomic mass is 9.71. The van der Waals surface area contributed by atoms with Gasteiger partial charge in [0.15, 0.2) is 0 Å². The van der Waals surface area contributed by atoms with Gasteiger partial charge in [0, 0.05) is 22.9 Å². The average molecular weight is 258 g/mol. The molecule has 0 saturated heterocycles. The summed E-state index contributed by atoms with van der Waals surface area (Å²) in [4.78, 5) is 1.17. The quantitative estimate of drug-likeness (QED) is 0.763. The van der Waals surface area contributed by atoms with Gasteiger partial charge < -0.3 is 11.5 Å². The van der Waals surface area contributed by atoms with Crippen LogP contribution in [0.15, 0.2) is 10.6 Å². The Hall–Kier alpha value is -0.150. The van der Waals surface area contributed by atoms with E-state index in [2.05, 4.69) is 41.5 Å². The standard InChI is InChI=1S/C14H30N2S/c1-7-8-11(16)12(9-15)17-10-14(5,6)13(2,3)4/h7-10,15-16H2,1-6H3/b12-11+. The van der Waals surface area contributed by atoms with Crippen LogP contribution in [-0.4, -0.2) is 12.3 Å². The summed E-state index contributed by atoms with van der Waals surface area (Å²) in [5, 5.41) is 0. The van der Waals surface area contributed by atoms with E-state index >= 15 is 0 Å². The van der Waals surface area contributed by atoms with Crippen molar-refractivity contribution < 1.29 is 0 Å². The SMILES string of the molecule is CCC/C(N)=C(/CN)SCC(C)(C)C(C)(C)C. The maximum Gasteiger partial charge on any atom is 0.0256 e. The normalized spacial score (nSPS) is 14.8. The minimum Gasteiger partial charge on any atom is -0.401 e. The van der Waals surface area contributed by atoms with Crippen LogP contribution in [0.5, 0.6) is 0 Å². The average Bonchev–Trinajstić information content (AvgIpc) is 2.17. The van der Waals surface area contributed by atoms with Crippen LogP contribution in [0.3, 0.4) is 0 Å². The summed E-state index contributed by atoms with van der Waals surface area (Å²) >= 11 is 1.83. The third-order valence-electron chi connectivity index (χ3n) is 3.70. The van der Waals surface area contributed by atoms with E-state index in [9.17, 15) is 0 Å². The highest BCUT2D eigenvalue weighted by molar-refractivity contribution is 8.03. The van der Waals surface area contributed by atoms with Crippen molar-refractivity contribution in [2.75, 3.05) is 12.3 Å². The van der Waals surface area contributed by atoms with E-state index < -0.39 is 0 Å². The van der Waals surface area contributed by atoms with E-state index in [4.69, 9.17) is 11.5 Å². The molecule has 0 unspecified atom stereocenters. The first-order valence-electron chi connectivity index (χ1n) is 6.46. The summed E-state index contributed by atoms with van der Waals surface area (Å²) in [5.74, 6) is 1.06. The van der Waals surface area contributed by atoms with Gasteiger partial charge in [-0.2, -0.15) is 0 Å². The van der Waals surface area contributed by atoms with Crippen molar-refractivity contribution >= 4 is 11.8 Å². The fourth-order valence-electron chi connectivity index (χ4n) is 1.18. The summed E-state index contributed by atoms with van der Waals surface area (Å²) in [6, 6.07) is 0. The summed E-state index contributed by atoms with van der Waals surface area (Å²) in [6.45, 7) is 14.2. The number of nitrogens with two attached hydrogens (primary N) is 2. The second-order valence-electron chi connectivity index (χ2n) is 6.33. The van der Waals surface area contributed by atoms with Crippen LogP contribution in [0, 0.1) is 10.8 Å².